The van der Waals surface area contributed by atoms with Crippen LogP contribution in [0.5, 0.6) is 5.75 Å². The number of fused-ring (bicyclic) bond motifs is 1. The van der Waals surface area contributed by atoms with Crippen LogP contribution in [0.4, 0.5) is 0 Å². The number of carboxylic acid groups (broad SMARTS) is 1. The standard InChI is InChI=1S/C27H27N5O3/c1-17-11-25(35-2)23(22-7-9-29-26(17)22)16-31-10-8-21(32-15-18(13-28)14-30-32)12-24(31)19-3-5-20(6-4-19)27(33)34/h3-7,9,11,14-15,21,24,29H,8,10,12,16H2,1-2H3,(H,33,34)/t21-,24+/m0/s1. The Bertz CT molecular complexity index is 1410. The Balaban J connectivity index is 1.51. The third-order valence-corrected chi connectivity index (χ3v) is 7.03. The lowest BCUT2D eigenvalue weighted by atomic mass is 9.90. The summed E-state index contributed by atoms with van der Waals surface area (Å²) in [7, 11) is 1.70. The zero-order valence-corrected chi connectivity index (χ0v) is 19.7. The van der Waals surface area contributed by atoms with Crippen molar-refractivity contribution in [1.82, 2.24) is 19.7 Å². The maximum absolute atomic E-state index is 11.4. The number of aromatic carboxylic acids is 1. The summed E-state index contributed by atoms with van der Waals surface area (Å²) in [6.45, 7) is 3.59. The fourth-order valence-corrected chi connectivity index (χ4v) is 5.20. The number of hydrogen-bond donors (Lipinski definition) is 2. The number of carboxylic acids is 1. The molecule has 0 unspecified atom stereocenters. The van der Waals surface area contributed by atoms with E-state index in [0.29, 0.717) is 12.1 Å². The Morgan fingerprint density at radius 1 is 1.31 bits per heavy atom. The Hall–Kier alpha value is -4.09. The molecule has 4 aromatic rings. The number of rotatable bonds is 6. The predicted molar refractivity (Wildman–Crippen MR) is 131 cm³/mol. The first-order valence-electron chi connectivity index (χ1n) is 11.6. The van der Waals surface area contributed by atoms with Crippen LogP contribution >= 0.6 is 0 Å². The third kappa shape index (κ3) is 4.27. The zero-order chi connectivity index (χ0) is 24.5. The second kappa shape index (κ2) is 9.28. The Morgan fingerprint density at radius 2 is 2.11 bits per heavy atom. The summed E-state index contributed by atoms with van der Waals surface area (Å²) in [4.78, 5) is 17.2. The average molecular weight is 470 g/mol. The number of H-pyrrole nitrogens is 1. The molecule has 0 bridgehead atoms. The number of aromatic nitrogens is 3. The van der Waals surface area contributed by atoms with E-state index < -0.39 is 5.97 Å². The molecule has 8 heteroatoms. The van der Waals surface area contributed by atoms with Crippen molar-refractivity contribution in [3.05, 3.63) is 82.8 Å². The van der Waals surface area contributed by atoms with Crippen LogP contribution in [-0.4, -0.2) is 44.4 Å². The molecule has 2 N–H and O–H groups in total. The number of nitrogens with one attached hydrogen (secondary N) is 1. The lowest BCUT2D eigenvalue weighted by molar-refractivity contribution is 0.0696. The molecule has 3 heterocycles. The molecule has 1 fully saturated rings. The van der Waals surface area contributed by atoms with Gasteiger partial charge in [0.05, 0.1) is 30.5 Å². The fourth-order valence-electron chi connectivity index (χ4n) is 5.20. The van der Waals surface area contributed by atoms with Crippen LogP contribution in [0.2, 0.25) is 0 Å². The van der Waals surface area contributed by atoms with Crippen molar-refractivity contribution in [3.8, 4) is 11.8 Å². The molecule has 2 aromatic heterocycles. The molecule has 0 saturated carbocycles. The van der Waals surface area contributed by atoms with Crippen molar-refractivity contribution in [2.75, 3.05) is 13.7 Å². The SMILES string of the molecule is COc1cc(C)c2[nH]ccc2c1CN1CC[C@H](n2cc(C#N)cn2)C[C@@H]1c1ccc(C(=O)O)cc1. The van der Waals surface area contributed by atoms with Gasteiger partial charge in [0, 0.05) is 48.0 Å². The monoisotopic (exact) mass is 469 g/mol. The molecule has 5 rings (SSSR count). The highest BCUT2D eigenvalue weighted by Gasteiger charge is 2.32. The molecule has 1 aliphatic rings. The highest BCUT2D eigenvalue weighted by atomic mass is 16.5. The smallest absolute Gasteiger partial charge is 0.335 e. The lowest BCUT2D eigenvalue weighted by Gasteiger charge is -2.40. The van der Waals surface area contributed by atoms with Crippen LogP contribution in [0.15, 0.2) is 55.0 Å². The van der Waals surface area contributed by atoms with Crippen molar-refractivity contribution in [2.45, 2.75) is 38.4 Å². The van der Waals surface area contributed by atoms with Gasteiger partial charge in [-0.2, -0.15) is 10.4 Å². The van der Waals surface area contributed by atoms with Crippen LogP contribution in [0.1, 0.15) is 57.5 Å². The first-order valence-corrected chi connectivity index (χ1v) is 11.6. The number of nitriles is 1. The van der Waals surface area contributed by atoms with E-state index in [1.54, 1.807) is 31.6 Å². The van der Waals surface area contributed by atoms with E-state index in [0.717, 1.165) is 52.7 Å². The van der Waals surface area contributed by atoms with E-state index in [1.807, 2.05) is 23.0 Å². The van der Waals surface area contributed by atoms with Crippen LogP contribution in [0.25, 0.3) is 10.9 Å². The van der Waals surface area contributed by atoms with Gasteiger partial charge in [-0.3, -0.25) is 9.58 Å². The molecule has 0 spiro atoms. The molecule has 8 nitrogen and oxygen atoms in total. The molecule has 0 aliphatic carbocycles. The number of aryl methyl sites for hydroxylation is 1. The molecule has 178 valence electrons. The van der Waals surface area contributed by atoms with Crippen molar-refractivity contribution >= 4 is 16.9 Å². The normalized spacial score (nSPS) is 18.4. The maximum Gasteiger partial charge on any atom is 0.335 e. The van der Waals surface area contributed by atoms with Crippen LogP contribution in [0, 0.1) is 18.3 Å². The van der Waals surface area contributed by atoms with E-state index in [2.05, 4.69) is 40.1 Å². The number of likely N-dealkylation sites (tertiary alicyclic amines) is 1. The second-order valence-corrected chi connectivity index (χ2v) is 9.05. The van der Waals surface area contributed by atoms with Gasteiger partial charge in [-0.25, -0.2) is 4.79 Å². The van der Waals surface area contributed by atoms with Gasteiger partial charge in [-0.05, 0) is 55.2 Å². The Labute approximate surface area is 203 Å². The maximum atomic E-state index is 11.4. The summed E-state index contributed by atoms with van der Waals surface area (Å²) in [5.41, 5.74) is 5.26. The molecule has 35 heavy (non-hydrogen) atoms. The van der Waals surface area contributed by atoms with Gasteiger partial charge >= 0.3 is 5.97 Å². The van der Waals surface area contributed by atoms with Gasteiger partial charge in [-0.1, -0.05) is 12.1 Å². The Morgan fingerprint density at radius 3 is 2.80 bits per heavy atom. The average Bonchev–Trinajstić information content (AvgIpc) is 3.56. The van der Waals surface area contributed by atoms with Crippen LogP contribution < -0.4 is 4.74 Å². The number of aromatic amines is 1. The summed E-state index contributed by atoms with van der Waals surface area (Å²) in [6, 6.07) is 13.7. The first-order chi connectivity index (χ1) is 17.0. The number of benzene rings is 2. The van der Waals surface area contributed by atoms with E-state index >= 15 is 0 Å². The van der Waals surface area contributed by atoms with E-state index in [1.165, 1.54) is 0 Å². The van der Waals surface area contributed by atoms with E-state index in [4.69, 9.17) is 4.74 Å². The van der Waals surface area contributed by atoms with Crippen molar-refractivity contribution in [3.63, 3.8) is 0 Å². The number of ether oxygens (including phenoxy) is 1. The van der Waals surface area contributed by atoms with Gasteiger partial charge in [0.2, 0.25) is 0 Å². The van der Waals surface area contributed by atoms with Crippen LogP contribution in [0.3, 0.4) is 0 Å². The zero-order valence-electron chi connectivity index (χ0n) is 19.7. The fraction of sp³-hybridized carbons (Fsp3) is 0.296. The molecule has 0 radical (unpaired) electrons. The van der Waals surface area contributed by atoms with Gasteiger partial charge in [0.25, 0.3) is 0 Å². The summed E-state index contributed by atoms with van der Waals surface area (Å²) < 4.78 is 7.68. The topological polar surface area (TPSA) is 107 Å². The molecule has 1 aliphatic heterocycles. The summed E-state index contributed by atoms with van der Waals surface area (Å²) in [5.74, 6) is -0.0721. The minimum atomic E-state index is -0.935. The third-order valence-electron chi connectivity index (χ3n) is 7.03. The first kappa shape index (κ1) is 22.7. The van der Waals surface area contributed by atoms with Gasteiger partial charge in [0.1, 0.15) is 11.8 Å². The van der Waals surface area contributed by atoms with E-state index in [9.17, 15) is 15.2 Å². The summed E-state index contributed by atoms with van der Waals surface area (Å²) in [6.07, 6.45) is 7.05. The summed E-state index contributed by atoms with van der Waals surface area (Å²) in [5, 5.41) is 24.1. The number of hydrogen-bond acceptors (Lipinski definition) is 5. The highest BCUT2D eigenvalue weighted by molar-refractivity contribution is 5.88. The number of carbonyl (C=O) groups is 1. The highest BCUT2D eigenvalue weighted by Crippen LogP contribution is 2.40. The predicted octanol–water partition coefficient (Wildman–Crippen LogP) is 4.83. The lowest BCUT2D eigenvalue weighted by Crippen LogP contribution is -2.37. The molecule has 2 atom stereocenters. The largest absolute Gasteiger partial charge is 0.496 e. The van der Waals surface area contributed by atoms with Crippen molar-refractivity contribution < 1.29 is 14.6 Å². The number of methoxy groups -OCH3 is 1. The minimum absolute atomic E-state index is 0.0475. The quantitative estimate of drug-likeness (QED) is 0.419. The second-order valence-electron chi connectivity index (χ2n) is 9.05. The number of piperidine rings is 1. The van der Waals surface area contributed by atoms with Gasteiger partial charge in [-0.15, -0.1) is 0 Å². The van der Waals surface area contributed by atoms with E-state index in [-0.39, 0.29) is 17.6 Å². The minimum Gasteiger partial charge on any atom is -0.496 e. The molecular formula is C27H27N5O3. The molecular weight excluding hydrogens is 442 g/mol. The van der Waals surface area contributed by atoms with Crippen LogP contribution in [-0.2, 0) is 6.54 Å². The molecule has 2 aromatic carbocycles. The summed E-state index contributed by atoms with van der Waals surface area (Å²) >= 11 is 0. The van der Waals surface area contributed by atoms with Gasteiger partial charge in [0.15, 0.2) is 0 Å². The van der Waals surface area contributed by atoms with Gasteiger partial charge < -0.3 is 14.8 Å². The number of nitrogens with zero attached hydrogens (tertiary/aromatic N) is 4. The molecule has 0 amide bonds. The molecule has 1 saturated heterocycles. The van der Waals surface area contributed by atoms with Crippen molar-refractivity contribution in [1.29, 1.82) is 5.26 Å². The Kier molecular flexibility index (Phi) is 6.01. The van der Waals surface area contributed by atoms with Crippen molar-refractivity contribution in [2.24, 2.45) is 0 Å².